The summed E-state index contributed by atoms with van der Waals surface area (Å²) in [5, 5.41) is 0. The normalized spacial score (nSPS) is 11.1. The number of anilines is 3. The molecule has 3 aromatic carbocycles. The molecule has 3 rings (SSSR count). The van der Waals surface area contributed by atoms with Gasteiger partial charge in [-0.15, -0.1) is 0 Å². The topological polar surface area (TPSA) is 66.5 Å². The summed E-state index contributed by atoms with van der Waals surface area (Å²) in [5.74, 6) is 0.0253. The van der Waals surface area contributed by atoms with Crippen LogP contribution in [-0.2, 0) is 16.6 Å². The standard InChI is InChI=1S/C22H22N2O3S/c1-17(25)19-8-12-21(13-9-19)24(16-18-6-4-3-5-7-18)22-14-10-20(11-15-22)23-28(2,26)27/h3-15,23H,16H2,1-2H3. The highest BCUT2D eigenvalue weighted by molar-refractivity contribution is 7.92. The summed E-state index contributed by atoms with van der Waals surface area (Å²) in [6, 6.07) is 24.7. The van der Waals surface area contributed by atoms with Gasteiger partial charge in [-0.05, 0) is 61.0 Å². The smallest absolute Gasteiger partial charge is 0.229 e. The predicted molar refractivity (Wildman–Crippen MR) is 114 cm³/mol. The summed E-state index contributed by atoms with van der Waals surface area (Å²) in [6.45, 7) is 2.18. The van der Waals surface area contributed by atoms with E-state index in [0.29, 0.717) is 17.8 Å². The molecule has 0 aliphatic carbocycles. The maximum absolute atomic E-state index is 11.6. The van der Waals surface area contributed by atoms with E-state index < -0.39 is 10.0 Å². The van der Waals surface area contributed by atoms with E-state index in [-0.39, 0.29) is 5.78 Å². The van der Waals surface area contributed by atoms with Crippen molar-refractivity contribution >= 4 is 32.9 Å². The number of Topliss-reactive ketones (excluding diaryl/α,β-unsaturated/α-hetero) is 1. The number of carbonyl (C=O) groups is 1. The zero-order valence-corrected chi connectivity index (χ0v) is 16.6. The Morgan fingerprint density at radius 2 is 1.39 bits per heavy atom. The fourth-order valence-electron chi connectivity index (χ4n) is 2.90. The van der Waals surface area contributed by atoms with Gasteiger partial charge in [0, 0.05) is 29.2 Å². The number of carbonyl (C=O) groups excluding carboxylic acids is 1. The quantitative estimate of drug-likeness (QED) is 0.595. The van der Waals surface area contributed by atoms with E-state index in [1.807, 2.05) is 54.6 Å². The molecule has 0 saturated heterocycles. The Kier molecular flexibility index (Phi) is 5.80. The van der Waals surface area contributed by atoms with Gasteiger partial charge in [0.25, 0.3) is 0 Å². The Hall–Kier alpha value is -3.12. The third-order valence-corrected chi connectivity index (χ3v) is 4.86. The van der Waals surface area contributed by atoms with E-state index in [2.05, 4.69) is 21.8 Å². The van der Waals surface area contributed by atoms with Crippen molar-refractivity contribution < 1.29 is 13.2 Å². The van der Waals surface area contributed by atoms with Crippen LogP contribution < -0.4 is 9.62 Å². The minimum absolute atomic E-state index is 0.0253. The second kappa shape index (κ2) is 8.27. The van der Waals surface area contributed by atoms with E-state index in [4.69, 9.17) is 0 Å². The summed E-state index contributed by atoms with van der Waals surface area (Å²) >= 11 is 0. The summed E-state index contributed by atoms with van der Waals surface area (Å²) in [5.41, 5.74) is 4.17. The van der Waals surface area contributed by atoms with Crippen LogP contribution in [0.4, 0.5) is 17.1 Å². The van der Waals surface area contributed by atoms with Crippen LogP contribution in [0.1, 0.15) is 22.8 Å². The first-order chi connectivity index (χ1) is 13.3. The molecule has 0 unspecified atom stereocenters. The molecule has 0 spiro atoms. The molecule has 0 aliphatic rings. The van der Waals surface area contributed by atoms with Crippen LogP contribution in [0.15, 0.2) is 78.9 Å². The van der Waals surface area contributed by atoms with Crippen molar-refractivity contribution in [2.24, 2.45) is 0 Å². The molecule has 0 saturated carbocycles. The molecule has 28 heavy (non-hydrogen) atoms. The first-order valence-electron chi connectivity index (χ1n) is 8.82. The number of hydrogen-bond donors (Lipinski definition) is 1. The Labute approximate surface area is 165 Å². The fourth-order valence-corrected chi connectivity index (χ4v) is 3.46. The van der Waals surface area contributed by atoms with E-state index >= 15 is 0 Å². The molecule has 0 fully saturated rings. The number of nitrogens with zero attached hydrogens (tertiary/aromatic N) is 1. The molecule has 1 N–H and O–H groups in total. The number of sulfonamides is 1. The molecule has 3 aromatic rings. The van der Waals surface area contributed by atoms with E-state index in [9.17, 15) is 13.2 Å². The van der Waals surface area contributed by atoms with Crippen LogP contribution in [0.2, 0.25) is 0 Å². The number of rotatable bonds is 7. The largest absolute Gasteiger partial charge is 0.337 e. The van der Waals surface area contributed by atoms with Gasteiger partial charge in [-0.2, -0.15) is 0 Å². The van der Waals surface area contributed by atoms with Crippen molar-refractivity contribution in [2.45, 2.75) is 13.5 Å². The lowest BCUT2D eigenvalue weighted by molar-refractivity contribution is 0.101. The third kappa shape index (κ3) is 5.20. The van der Waals surface area contributed by atoms with Gasteiger partial charge in [0.1, 0.15) is 0 Å². The van der Waals surface area contributed by atoms with Crippen LogP contribution in [0.5, 0.6) is 0 Å². The summed E-state index contributed by atoms with van der Waals surface area (Å²) in [7, 11) is -3.32. The van der Waals surface area contributed by atoms with E-state index in [0.717, 1.165) is 23.2 Å². The van der Waals surface area contributed by atoms with E-state index in [1.165, 1.54) is 0 Å². The van der Waals surface area contributed by atoms with Gasteiger partial charge >= 0.3 is 0 Å². The first kappa shape index (κ1) is 19.6. The fraction of sp³-hybridized carbons (Fsp3) is 0.136. The minimum atomic E-state index is -3.32. The van der Waals surface area contributed by atoms with Gasteiger partial charge in [-0.3, -0.25) is 9.52 Å². The van der Waals surface area contributed by atoms with Crippen molar-refractivity contribution in [1.29, 1.82) is 0 Å². The summed E-state index contributed by atoms with van der Waals surface area (Å²) < 4.78 is 25.3. The summed E-state index contributed by atoms with van der Waals surface area (Å²) in [6.07, 6.45) is 1.12. The Morgan fingerprint density at radius 3 is 1.89 bits per heavy atom. The molecule has 0 aromatic heterocycles. The molecule has 0 radical (unpaired) electrons. The molecular formula is C22H22N2O3S. The maximum Gasteiger partial charge on any atom is 0.229 e. The maximum atomic E-state index is 11.6. The molecule has 0 aliphatic heterocycles. The second-order valence-electron chi connectivity index (χ2n) is 6.60. The molecule has 0 heterocycles. The van der Waals surface area contributed by atoms with Gasteiger partial charge in [0.05, 0.1) is 6.26 Å². The van der Waals surface area contributed by atoms with Gasteiger partial charge < -0.3 is 4.90 Å². The first-order valence-corrected chi connectivity index (χ1v) is 10.7. The van der Waals surface area contributed by atoms with Crippen molar-refractivity contribution in [2.75, 3.05) is 15.9 Å². The van der Waals surface area contributed by atoms with Crippen LogP contribution >= 0.6 is 0 Å². The van der Waals surface area contributed by atoms with Crippen LogP contribution in [0.3, 0.4) is 0 Å². The van der Waals surface area contributed by atoms with Crippen molar-refractivity contribution in [3.63, 3.8) is 0 Å². The van der Waals surface area contributed by atoms with Crippen LogP contribution in [0.25, 0.3) is 0 Å². The lowest BCUT2D eigenvalue weighted by Gasteiger charge is -2.26. The highest BCUT2D eigenvalue weighted by atomic mass is 32.2. The Balaban J connectivity index is 1.94. The highest BCUT2D eigenvalue weighted by Crippen LogP contribution is 2.29. The average molecular weight is 394 g/mol. The Bertz CT molecular complexity index is 1050. The van der Waals surface area contributed by atoms with Crippen LogP contribution in [0, 0.1) is 0 Å². The minimum Gasteiger partial charge on any atom is -0.337 e. The molecular weight excluding hydrogens is 372 g/mol. The third-order valence-electron chi connectivity index (χ3n) is 4.25. The number of hydrogen-bond acceptors (Lipinski definition) is 4. The SMILES string of the molecule is CC(=O)c1ccc(N(Cc2ccccc2)c2ccc(NS(C)(=O)=O)cc2)cc1. The van der Waals surface area contributed by atoms with Crippen molar-refractivity contribution in [1.82, 2.24) is 0 Å². The molecule has 0 amide bonds. The Morgan fingerprint density at radius 1 is 0.857 bits per heavy atom. The zero-order chi connectivity index (χ0) is 20.1. The van der Waals surface area contributed by atoms with E-state index in [1.54, 1.807) is 19.1 Å². The average Bonchev–Trinajstić information content (AvgIpc) is 2.67. The van der Waals surface area contributed by atoms with Crippen LogP contribution in [-0.4, -0.2) is 20.5 Å². The van der Waals surface area contributed by atoms with Gasteiger partial charge in [-0.25, -0.2) is 8.42 Å². The molecule has 0 atom stereocenters. The van der Waals surface area contributed by atoms with Gasteiger partial charge in [0.2, 0.25) is 10.0 Å². The molecule has 5 nitrogen and oxygen atoms in total. The zero-order valence-electron chi connectivity index (χ0n) is 15.8. The lowest BCUT2D eigenvalue weighted by atomic mass is 10.1. The lowest BCUT2D eigenvalue weighted by Crippen LogP contribution is -2.17. The highest BCUT2D eigenvalue weighted by Gasteiger charge is 2.12. The second-order valence-corrected chi connectivity index (χ2v) is 8.34. The molecule has 144 valence electrons. The predicted octanol–water partition coefficient (Wildman–Crippen LogP) is 4.60. The van der Waals surface area contributed by atoms with Crippen molar-refractivity contribution in [3.8, 4) is 0 Å². The summed E-state index contributed by atoms with van der Waals surface area (Å²) in [4.78, 5) is 13.7. The van der Waals surface area contributed by atoms with Gasteiger partial charge in [-0.1, -0.05) is 30.3 Å². The van der Waals surface area contributed by atoms with Crippen molar-refractivity contribution in [3.05, 3.63) is 90.0 Å². The molecule has 6 heteroatoms. The number of nitrogens with one attached hydrogen (secondary N) is 1. The number of benzene rings is 3. The number of ketones is 1. The monoisotopic (exact) mass is 394 g/mol. The van der Waals surface area contributed by atoms with Gasteiger partial charge in [0.15, 0.2) is 5.78 Å². The molecule has 0 bridgehead atoms.